The Morgan fingerprint density at radius 1 is 1.28 bits per heavy atom. The van der Waals surface area contributed by atoms with Crippen molar-refractivity contribution in [3.8, 4) is 0 Å². The van der Waals surface area contributed by atoms with Gasteiger partial charge in [-0.05, 0) is 45.8 Å². The lowest BCUT2D eigenvalue weighted by atomic mass is 10.0. The number of piperidine rings is 1. The fourth-order valence-electron chi connectivity index (χ4n) is 2.39. The molecule has 1 atom stereocenters. The van der Waals surface area contributed by atoms with Crippen LogP contribution in [0.1, 0.15) is 39.5 Å². The van der Waals surface area contributed by atoms with Gasteiger partial charge in [0, 0.05) is 18.3 Å². The molecule has 0 aromatic heterocycles. The Balaban J connectivity index is 2.01. The lowest BCUT2D eigenvalue weighted by molar-refractivity contribution is 0.159. The van der Waals surface area contributed by atoms with Gasteiger partial charge in [0.05, 0.1) is 5.75 Å². The van der Waals surface area contributed by atoms with Crippen LogP contribution in [0.3, 0.4) is 0 Å². The van der Waals surface area contributed by atoms with Crippen LogP contribution < -0.4 is 5.32 Å². The third kappa shape index (κ3) is 6.16. The highest BCUT2D eigenvalue weighted by atomic mass is 32.2. The molecule has 0 bridgehead atoms. The van der Waals surface area contributed by atoms with Crippen LogP contribution in [0.15, 0.2) is 0 Å². The number of likely N-dealkylation sites (tertiary alicyclic amines) is 1. The Kier molecular flexibility index (Phi) is 7.19. The summed E-state index contributed by atoms with van der Waals surface area (Å²) in [7, 11) is -2.81. The standard InChI is InChI=1S/C13H28N2O2S/c1-3-18(16,17)12-9-14-8-6-11-15-10-5-4-7-13(15)2/h13-14H,3-12H2,1-2H3. The lowest BCUT2D eigenvalue weighted by Crippen LogP contribution is -2.39. The normalized spacial score (nSPS) is 22.2. The summed E-state index contributed by atoms with van der Waals surface area (Å²) in [5, 5.41) is 3.22. The average molecular weight is 276 g/mol. The van der Waals surface area contributed by atoms with Gasteiger partial charge in [0.25, 0.3) is 0 Å². The number of hydrogen-bond acceptors (Lipinski definition) is 4. The van der Waals surface area contributed by atoms with Gasteiger partial charge in [0.2, 0.25) is 0 Å². The van der Waals surface area contributed by atoms with Gasteiger partial charge in [0.1, 0.15) is 0 Å². The quantitative estimate of drug-likeness (QED) is 0.678. The molecule has 1 heterocycles. The van der Waals surface area contributed by atoms with Crippen LogP contribution in [0, 0.1) is 0 Å². The van der Waals surface area contributed by atoms with Crippen LogP contribution in [0.25, 0.3) is 0 Å². The van der Waals surface area contributed by atoms with Crippen molar-refractivity contribution in [3.05, 3.63) is 0 Å². The summed E-state index contributed by atoms with van der Waals surface area (Å²) in [5.41, 5.74) is 0. The second-order valence-electron chi connectivity index (χ2n) is 5.22. The predicted octanol–water partition coefficient (Wildman–Crippen LogP) is 1.28. The lowest BCUT2D eigenvalue weighted by Gasteiger charge is -2.33. The number of sulfone groups is 1. The van der Waals surface area contributed by atoms with E-state index in [0.717, 1.165) is 25.6 Å². The van der Waals surface area contributed by atoms with E-state index in [1.165, 1.54) is 25.8 Å². The minimum atomic E-state index is -2.81. The van der Waals surface area contributed by atoms with E-state index in [4.69, 9.17) is 0 Å². The Morgan fingerprint density at radius 2 is 2.06 bits per heavy atom. The topological polar surface area (TPSA) is 49.4 Å². The Morgan fingerprint density at radius 3 is 2.72 bits per heavy atom. The zero-order chi connectivity index (χ0) is 13.4. The fraction of sp³-hybridized carbons (Fsp3) is 1.00. The molecular weight excluding hydrogens is 248 g/mol. The second-order valence-corrected chi connectivity index (χ2v) is 7.69. The number of nitrogens with zero attached hydrogens (tertiary/aromatic N) is 1. The van der Waals surface area contributed by atoms with E-state index in [-0.39, 0.29) is 11.5 Å². The molecule has 0 aromatic carbocycles. The molecule has 5 heteroatoms. The first kappa shape index (κ1) is 15.9. The van der Waals surface area contributed by atoms with Crippen molar-refractivity contribution in [1.82, 2.24) is 10.2 Å². The number of hydrogen-bond donors (Lipinski definition) is 1. The monoisotopic (exact) mass is 276 g/mol. The molecule has 0 radical (unpaired) electrons. The molecule has 108 valence electrons. The summed E-state index contributed by atoms with van der Waals surface area (Å²) in [4.78, 5) is 2.55. The van der Waals surface area contributed by atoms with Crippen LogP contribution in [-0.2, 0) is 9.84 Å². The number of rotatable bonds is 8. The minimum Gasteiger partial charge on any atom is -0.316 e. The van der Waals surface area contributed by atoms with Gasteiger partial charge in [-0.1, -0.05) is 13.3 Å². The second kappa shape index (κ2) is 8.12. The molecule has 1 aliphatic rings. The maximum atomic E-state index is 11.3. The van der Waals surface area contributed by atoms with Crippen molar-refractivity contribution in [2.45, 2.75) is 45.6 Å². The van der Waals surface area contributed by atoms with Crippen molar-refractivity contribution in [2.75, 3.05) is 37.7 Å². The van der Waals surface area contributed by atoms with Crippen LogP contribution in [0.4, 0.5) is 0 Å². The van der Waals surface area contributed by atoms with Crippen LogP contribution in [0.5, 0.6) is 0 Å². The van der Waals surface area contributed by atoms with Crippen molar-refractivity contribution in [3.63, 3.8) is 0 Å². The highest BCUT2D eigenvalue weighted by Gasteiger charge is 2.16. The summed E-state index contributed by atoms with van der Waals surface area (Å²) in [6.07, 6.45) is 5.12. The van der Waals surface area contributed by atoms with Gasteiger partial charge < -0.3 is 10.2 Å². The van der Waals surface area contributed by atoms with E-state index >= 15 is 0 Å². The summed E-state index contributed by atoms with van der Waals surface area (Å²) in [6.45, 7) is 7.88. The molecular formula is C13H28N2O2S. The molecule has 18 heavy (non-hydrogen) atoms. The first-order valence-electron chi connectivity index (χ1n) is 7.20. The maximum absolute atomic E-state index is 11.3. The fourth-order valence-corrected chi connectivity index (χ4v) is 3.14. The zero-order valence-electron chi connectivity index (χ0n) is 11.8. The maximum Gasteiger partial charge on any atom is 0.151 e. The van der Waals surface area contributed by atoms with Gasteiger partial charge in [-0.25, -0.2) is 8.42 Å². The van der Waals surface area contributed by atoms with E-state index in [1.54, 1.807) is 6.92 Å². The van der Waals surface area contributed by atoms with Gasteiger partial charge in [0.15, 0.2) is 9.84 Å². The Bertz CT molecular complexity index is 317. The molecule has 1 saturated heterocycles. The van der Waals surface area contributed by atoms with Gasteiger partial charge in [-0.3, -0.25) is 0 Å². The molecule has 1 unspecified atom stereocenters. The molecule has 0 saturated carbocycles. The zero-order valence-corrected chi connectivity index (χ0v) is 12.6. The molecule has 0 spiro atoms. The third-order valence-corrected chi connectivity index (χ3v) is 5.47. The average Bonchev–Trinajstić information content (AvgIpc) is 2.35. The summed E-state index contributed by atoms with van der Waals surface area (Å²) < 4.78 is 22.5. The Hall–Kier alpha value is -0.130. The third-order valence-electron chi connectivity index (χ3n) is 3.77. The molecule has 1 rings (SSSR count). The Labute approximate surface area is 112 Å². The van der Waals surface area contributed by atoms with Crippen LogP contribution >= 0.6 is 0 Å². The van der Waals surface area contributed by atoms with Crippen molar-refractivity contribution >= 4 is 9.84 Å². The first-order valence-corrected chi connectivity index (χ1v) is 9.02. The molecule has 1 N–H and O–H groups in total. The molecule has 1 fully saturated rings. The van der Waals surface area contributed by atoms with Crippen molar-refractivity contribution in [2.24, 2.45) is 0 Å². The molecule has 0 amide bonds. The van der Waals surface area contributed by atoms with Crippen LogP contribution in [-0.4, -0.2) is 57.0 Å². The highest BCUT2D eigenvalue weighted by Crippen LogP contribution is 2.15. The van der Waals surface area contributed by atoms with Crippen LogP contribution in [0.2, 0.25) is 0 Å². The van der Waals surface area contributed by atoms with Gasteiger partial charge in [-0.2, -0.15) is 0 Å². The first-order chi connectivity index (χ1) is 8.55. The van der Waals surface area contributed by atoms with E-state index in [1.807, 2.05) is 0 Å². The van der Waals surface area contributed by atoms with Crippen molar-refractivity contribution in [1.29, 1.82) is 0 Å². The van der Waals surface area contributed by atoms with E-state index in [0.29, 0.717) is 6.54 Å². The summed E-state index contributed by atoms with van der Waals surface area (Å²) in [6, 6.07) is 0.721. The molecule has 0 aromatic rings. The molecule has 4 nitrogen and oxygen atoms in total. The summed E-state index contributed by atoms with van der Waals surface area (Å²) >= 11 is 0. The van der Waals surface area contributed by atoms with E-state index < -0.39 is 9.84 Å². The van der Waals surface area contributed by atoms with E-state index in [2.05, 4.69) is 17.1 Å². The number of nitrogens with one attached hydrogen (secondary N) is 1. The SMILES string of the molecule is CCS(=O)(=O)CCNCCCN1CCCCC1C. The molecule has 0 aliphatic carbocycles. The largest absolute Gasteiger partial charge is 0.316 e. The van der Waals surface area contributed by atoms with Gasteiger partial charge in [-0.15, -0.1) is 0 Å². The highest BCUT2D eigenvalue weighted by molar-refractivity contribution is 7.91. The van der Waals surface area contributed by atoms with Gasteiger partial charge >= 0.3 is 0 Å². The van der Waals surface area contributed by atoms with Crippen molar-refractivity contribution < 1.29 is 8.42 Å². The molecule has 1 aliphatic heterocycles. The predicted molar refractivity (Wildman–Crippen MR) is 76.7 cm³/mol. The smallest absolute Gasteiger partial charge is 0.151 e. The summed E-state index contributed by atoms with van der Waals surface area (Å²) in [5.74, 6) is 0.517. The minimum absolute atomic E-state index is 0.250. The van der Waals surface area contributed by atoms with E-state index in [9.17, 15) is 8.42 Å².